The average molecular weight is 732 g/mol. The van der Waals surface area contributed by atoms with E-state index in [4.69, 9.17) is 10.2 Å². The van der Waals surface area contributed by atoms with Crippen LogP contribution in [0.25, 0.3) is 39.3 Å². The van der Waals surface area contributed by atoms with Gasteiger partial charge < -0.3 is 30.1 Å². The van der Waals surface area contributed by atoms with Gasteiger partial charge in [-0.05, 0) is 34.9 Å². The second-order valence-electron chi connectivity index (χ2n) is 11.9. The minimum absolute atomic E-state index is 0.229. The molecule has 0 aliphatic heterocycles. The average Bonchev–Trinajstić information content (AvgIpc) is 3.82. The van der Waals surface area contributed by atoms with Crippen LogP contribution in [0.5, 0.6) is 0 Å². The van der Waals surface area contributed by atoms with E-state index in [1.165, 1.54) is 11.3 Å². The third-order valence-electron chi connectivity index (χ3n) is 8.21. The molecule has 53 heavy (non-hydrogen) atoms. The fraction of sp³-hybridized carbons (Fsp3) is 0.154. The minimum atomic E-state index is -1.86. The molecule has 1 amide bonds. The molecule has 2 heterocycles. The highest BCUT2D eigenvalue weighted by Crippen LogP contribution is 2.28. The Bertz CT molecular complexity index is 2240. The Balaban J connectivity index is 1.30. The van der Waals surface area contributed by atoms with E-state index < -0.39 is 36.9 Å². The first kappa shape index (κ1) is 36.9. The highest BCUT2D eigenvalue weighted by atomic mass is 32.1. The molecule has 0 saturated carbocycles. The number of aliphatic hydroxyl groups excluding tert-OH is 5. The normalized spacial score (nSPS) is 14.4. The first-order valence-corrected chi connectivity index (χ1v) is 17.5. The Hall–Kier alpha value is -5.87. The molecule has 0 aliphatic rings. The van der Waals surface area contributed by atoms with Crippen molar-refractivity contribution >= 4 is 29.7 Å². The van der Waals surface area contributed by atoms with Crippen molar-refractivity contribution in [3.63, 3.8) is 0 Å². The summed E-state index contributed by atoms with van der Waals surface area (Å²) < 4.78 is 3.47. The number of nitrogens with one attached hydrogen (secondary N) is 1. The fourth-order valence-corrected chi connectivity index (χ4v) is 6.29. The predicted octanol–water partition coefficient (Wildman–Crippen LogP) is 3.21. The number of carbonyl (C=O) groups excluding carboxylic acids is 1. The lowest BCUT2D eigenvalue weighted by Crippen LogP contribution is -2.46. The predicted molar refractivity (Wildman–Crippen MR) is 203 cm³/mol. The summed E-state index contributed by atoms with van der Waals surface area (Å²) in [6.45, 7) is -1.05. The van der Waals surface area contributed by atoms with Crippen LogP contribution in [0.15, 0.2) is 142 Å². The molecule has 0 saturated heterocycles. The van der Waals surface area contributed by atoms with Crippen LogP contribution >= 0.6 is 11.3 Å². The van der Waals surface area contributed by atoms with Crippen LogP contribution < -0.4 is 10.2 Å². The SMILES string of the molecule is O=C(Cn1c(-c2ccccc2)cs/c1=N\N=C\c1cn(-c2ccccc2)nc1-c1cccc(-c2ccccc2)c1)N/N=C/[C@@H](O)[C@@H](O)[C@H](O)[C@H](O)CO. The van der Waals surface area contributed by atoms with Crippen molar-refractivity contribution in [2.24, 2.45) is 15.3 Å². The molecule has 0 fully saturated rings. The van der Waals surface area contributed by atoms with E-state index in [2.05, 4.69) is 45.0 Å². The number of benzene rings is 4. The number of hydrogen-bond acceptors (Lipinski definition) is 11. The molecule has 0 bridgehead atoms. The van der Waals surface area contributed by atoms with E-state index in [-0.39, 0.29) is 6.54 Å². The maximum absolute atomic E-state index is 13.1. The Morgan fingerprint density at radius 3 is 2.15 bits per heavy atom. The topological polar surface area (TPSA) is 190 Å². The van der Waals surface area contributed by atoms with Gasteiger partial charge in [0.2, 0.25) is 4.80 Å². The van der Waals surface area contributed by atoms with Crippen LogP contribution in [0.2, 0.25) is 0 Å². The summed E-state index contributed by atoms with van der Waals surface area (Å²) in [5, 5.41) is 67.9. The summed E-state index contributed by atoms with van der Waals surface area (Å²) in [6.07, 6.45) is -2.78. The van der Waals surface area contributed by atoms with E-state index in [0.717, 1.165) is 39.7 Å². The van der Waals surface area contributed by atoms with E-state index in [9.17, 15) is 25.2 Å². The molecule has 6 aromatic rings. The van der Waals surface area contributed by atoms with E-state index in [1.807, 2.05) is 103 Å². The number of aromatic nitrogens is 3. The number of nitrogens with zero attached hydrogens (tertiary/aromatic N) is 6. The number of hydrazone groups is 1. The van der Waals surface area contributed by atoms with Gasteiger partial charge in [-0.15, -0.1) is 16.4 Å². The first-order chi connectivity index (χ1) is 25.8. The lowest BCUT2D eigenvalue weighted by atomic mass is 10.0. The molecule has 2 aromatic heterocycles. The summed E-state index contributed by atoms with van der Waals surface area (Å²) >= 11 is 1.29. The van der Waals surface area contributed by atoms with Gasteiger partial charge in [0.25, 0.3) is 5.91 Å². The van der Waals surface area contributed by atoms with E-state index in [1.54, 1.807) is 15.5 Å². The van der Waals surface area contributed by atoms with Crippen molar-refractivity contribution in [3.05, 3.63) is 137 Å². The number of rotatable bonds is 14. The molecule has 0 aliphatic carbocycles. The van der Waals surface area contributed by atoms with Crippen molar-refractivity contribution in [2.75, 3.05) is 6.61 Å². The molecule has 6 N–H and O–H groups in total. The Kier molecular flexibility index (Phi) is 12.2. The Morgan fingerprint density at radius 2 is 1.45 bits per heavy atom. The zero-order valence-electron chi connectivity index (χ0n) is 28.2. The zero-order chi connectivity index (χ0) is 37.2. The lowest BCUT2D eigenvalue weighted by molar-refractivity contribution is -0.121. The number of carbonyl (C=O) groups is 1. The van der Waals surface area contributed by atoms with Gasteiger partial charge in [0.15, 0.2) is 0 Å². The summed E-state index contributed by atoms with van der Waals surface area (Å²) in [5.74, 6) is -0.579. The van der Waals surface area contributed by atoms with E-state index >= 15 is 0 Å². The molecule has 270 valence electrons. The standard InChI is InChI=1S/C39H37N7O6S/c47-24-34(49)38(52)37(51)33(48)21-41-42-35(50)23-45-32(27-13-6-2-7-14-27)25-53-39(45)43-40-20-30-22-46(31-17-8-3-9-18-31)44-36(30)29-16-10-15-28(19-29)26-11-4-1-5-12-26/h1-22,25,33-34,37-38,47-49,51-52H,23-24H2,(H,42,50)/b40-20+,41-21+,43-39-/t33-,34-,37-,38-/m1/s1. The van der Waals surface area contributed by atoms with E-state index in [0.29, 0.717) is 16.2 Å². The molecular weight excluding hydrogens is 695 g/mol. The summed E-state index contributed by atoms with van der Waals surface area (Å²) in [5.41, 5.74) is 9.17. The lowest BCUT2D eigenvalue weighted by Gasteiger charge is -2.23. The van der Waals surface area contributed by atoms with Gasteiger partial charge in [0.05, 0.1) is 30.4 Å². The maximum atomic E-state index is 13.1. The molecule has 13 nitrogen and oxygen atoms in total. The van der Waals surface area contributed by atoms with Crippen LogP contribution in [0.4, 0.5) is 0 Å². The molecule has 0 spiro atoms. The van der Waals surface area contributed by atoms with Crippen LogP contribution in [-0.4, -0.2) is 89.2 Å². The third kappa shape index (κ3) is 9.14. The summed E-state index contributed by atoms with van der Waals surface area (Å²) in [4.78, 5) is 13.5. The quantitative estimate of drug-likeness (QED) is 0.0733. The summed E-state index contributed by atoms with van der Waals surface area (Å²) in [7, 11) is 0. The fourth-order valence-electron chi connectivity index (χ4n) is 5.43. The minimum Gasteiger partial charge on any atom is -0.394 e. The van der Waals surface area contributed by atoms with Crippen LogP contribution in [0.3, 0.4) is 0 Å². The molecule has 14 heteroatoms. The van der Waals surface area contributed by atoms with Gasteiger partial charge in [0.1, 0.15) is 36.7 Å². The number of thiazole rings is 1. The largest absolute Gasteiger partial charge is 0.394 e. The smallest absolute Gasteiger partial charge is 0.260 e. The van der Waals surface area contributed by atoms with Gasteiger partial charge in [-0.25, -0.2) is 10.1 Å². The van der Waals surface area contributed by atoms with Gasteiger partial charge in [-0.3, -0.25) is 4.79 Å². The van der Waals surface area contributed by atoms with Gasteiger partial charge in [0, 0.05) is 22.7 Å². The zero-order valence-corrected chi connectivity index (χ0v) is 29.1. The van der Waals surface area contributed by atoms with Gasteiger partial charge in [-0.1, -0.05) is 97.1 Å². The van der Waals surface area contributed by atoms with Crippen LogP contribution in [-0.2, 0) is 11.3 Å². The second-order valence-corrected chi connectivity index (χ2v) is 12.7. The Morgan fingerprint density at radius 1 is 0.811 bits per heavy atom. The van der Waals surface area contributed by atoms with Crippen molar-refractivity contribution < 1.29 is 30.3 Å². The van der Waals surface area contributed by atoms with Crippen molar-refractivity contribution in [2.45, 2.75) is 31.0 Å². The number of para-hydroxylation sites is 1. The highest BCUT2D eigenvalue weighted by Gasteiger charge is 2.29. The summed E-state index contributed by atoms with van der Waals surface area (Å²) in [6, 6.07) is 37.4. The van der Waals surface area contributed by atoms with Crippen molar-refractivity contribution in [1.82, 2.24) is 19.8 Å². The third-order valence-corrected chi connectivity index (χ3v) is 9.07. The molecule has 0 radical (unpaired) electrons. The highest BCUT2D eigenvalue weighted by molar-refractivity contribution is 7.07. The van der Waals surface area contributed by atoms with Crippen LogP contribution in [0.1, 0.15) is 5.56 Å². The van der Waals surface area contributed by atoms with Crippen molar-refractivity contribution in [3.8, 4) is 39.3 Å². The number of aliphatic hydroxyl groups is 5. The van der Waals surface area contributed by atoms with Crippen LogP contribution in [0, 0.1) is 0 Å². The number of amides is 1. The molecule has 4 atom stereocenters. The van der Waals surface area contributed by atoms with Gasteiger partial charge in [-0.2, -0.15) is 15.3 Å². The Labute approximate surface area is 308 Å². The van der Waals surface area contributed by atoms with Crippen molar-refractivity contribution in [1.29, 1.82) is 0 Å². The second kappa shape index (κ2) is 17.6. The monoisotopic (exact) mass is 731 g/mol. The van der Waals surface area contributed by atoms with Gasteiger partial charge >= 0.3 is 0 Å². The first-order valence-electron chi connectivity index (χ1n) is 16.6. The number of hydrogen-bond donors (Lipinski definition) is 6. The molecule has 4 aromatic carbocycles. The molecular formula is C39H37N7O6S. The molecule has 6 rings (SSSR count). The molecule has 0 unspecified atom stereocenters. The maximum Gasteiger partial charge on any atom is 0.260 e.